The topological polar surface area (TPSA) is 21.5 Å². The number of ketones is 1. The Balaban J connectivity index is 0.00000180. The van der Waals surface area contributed by atoms with Crippen LogP contribution in [0.5, 0.6) is 0 Å². The Labute approximate surface area is 130 Å². The number of hydrogen-bond donors (Lipinski definition) is 1. The van der Waals surface area contributed by atoms with Gasteiger partial charge in [0.05, 0.1) is 36.1 Å². The van der Waals surface area contributed by atoms with Crippen LogP contribution in [0.15, 0.2) is 18.2 Å². The van der Waals surface area contributed by atoms with Crippen LogP contribution in [0.2, 0.25) is 10.0 Å². The minimum Gasteiger partial charge on any atom is -1.00 e. The second-order valence-electron chi connectivity index (χ2n) is 4.86. The average molecular weight is 323 g/mol. The van der Waals surface area contributed by atoms with E-state index in [1.54, 1.807) is 23.1 Å². The van der Waals surface area contributed by atoms with Gasteiger partial charge in [0.25, 0.3) is 0 Å². The number of rotatable bonds is 4. The van der Waals surface area contributed by atoms with Crippen molar-refractivity contribution in [2.24, 2.45) is 0 Å². The molecule has 0 bridgehead atoms. The standard InChI is InChI=1S/C14H17Cl2NO.ClH/c15-12-5-4-11(10-13(12)16)14(18)6-9-17-7-2-1-3-8-17;/h4-5,10H,1-3,6-9H2;1H. The molecular formula is C14H18Cl3NO. The van der Waals surface area contributed by atoms with Crippen molar-refractivity contribution in [1.29, 1.82) is 0 Å². The van der Waals surface area contributed by atoms with Crippen LogP contribution in [0.3, 0.4) is 0 Å². The van der Waals surface area contributed by atoms with Gasteiger partial charge < -0.3 is 17.3 Å². The number of hydrogen-bond acceptors (Lipinski definition) is 1. The first-order chi connectivity index (χ1) is 8.66. The molecule has 1 saturated heterocycles. The Morgan fingerprint density at radius 1 is 1.11 bits per heavy atom. The zero-order chi connectivity index (χ0) is 13.0. The molecule has 0 spiro atoms. The van der Waals surface area contributed by atoms with Gasteiger partial charge in [0.15, 0.2) is 5.78 Å². The van der Waals surface area contributed by atoms with Gasteiger partial charge in [0.1, 0.15) is 0 Å². The van der Waals surface area contributed by atoms with Gasteiger partial charge in [-0.1, -0.05) is 23.2 Å². The number of halogens is 3. The predicted octanol–water partition coefficient (Wildman–Crippen LogP) is -0.361. The molecule has 0 amide bonds. The number of carbonyl (C=O) groups is 1. The predicted molar refractivity (Wildman–Crippen MR) is 74.8 cm³/mol. The van der Waals surface area contributed by atoms with E-state index in [4.69, 9.17) is 23.2 Å². The van der Waals surface area contributed by atoms with Crippen LogP contribution in [-0.4, -0.2) is 25.4 Å². The molecule has 1 heterocycles. The second-order valence-corrected chi connectivity index (χ2v) is 5.68. The molecule has 0 atom stereocenters. The normalized spacial score (nSPS) is 15.9. The Kier molecular flexibility index (Phi) is 7.16. The molecule has 0 saturated carbocycles. The number of nitrogens with one attached hydrogen (secondary N) is 1. The fourth-order valence-corrected chi connectivity index (χ4v) is 2.70. The number of benzene rings is 1. The second kappa shape index (κ2) is 8.11. The Morgan fingerprint density at radius 2 is 1.79 bits per heavy atom. The van der Waals surface area contributed by atoms with Gasteiger partial charge in [-0.25, -0.2) is 0 Å². The van der Waals surface area contributed by atoms with Crippen molar-refractivity contribution in [3.8, 4) is 0 Å². The summed E-state index contributed by atoms with van der Waals surface area (Å²) < 4.78 is 0. The highest BCUT2D eigenvalue weighted by Gasteiger charge is 2.16. The highest BCUT2D eigenvalue weighted by molar-refractivity contribution is 6.42. The lowest BCUT2D eigenvalue weighted by atomic mass is 10.1. The average Bonchev–Trinajstić information content (AvgIpc) is 2.40. The summed E-state index contributed by atoms with van der Waals surface area (Å²) in [4.78, 5) is 13.6. The van der Waals surface area contributed by atoms with Gasteiger partial charge in [-0.2, -0.15) is 0 Å². The Bertz CT molecular complexity index is 431. The third-order valence-electron chi connectivity index (χ3n) is 3.51. The maximum Gasteiger partial charge on any atom is 0.168 e. The molecule has 1 aliphatic rings. The van der Waals surface area contributed by atoms with E-state index in [0.29, 0.717) is 22.0 Å². The fraction of sp³-hybridized carbons (Fsp3) is 0.500. The number of quaternary nitrogens is 1. The largest absolute Gasteiger partial charge is 1.00 e. The summed E-state index contributed by atoms with van der Waals surface area (Å²) >= 11 is 11.8. The third kappa shape index (κ3) is 4.96. The van der Waals surface area contributed by atoms with E-state index in [9.17, 15) is 4.79 Å². The number of likely N-dealkylation sites (tertiary alicyclic amines) is 1. The Hall–Kier alpha value is -0.280. The summed E-state index contributed by atoms with van der Waals surface area (Å²) in [6.07, 6.45) is 4.50. The molecule has 1 fully saturated rings. The smallest absolute Gasteiger partial charge is 0.168 e. The van der Waals surface area contributed by atoms with Crippen molar-refractivity contribution >= 4 is 29.0 Å². The summed E-state index contributed by atoms with van der Waals surface area (Å²) in [7, 11) is 0. The van der Waals surface area contributed by atoms with Crippen LogP contribution in [0, 0.1) is 0 Å². The van der Waals surface area contributed by atoms with E-state index >= 15 is 0 Å². The van der Waals surface area contributed by atoms with Crippen molar-refractivity contribution in [1.82, 2.24) is 0 Å². The first-order valence-corrected chi connectivity index (χ1v) is 7.24. The maximum absolute atomic E-state index is 12.0. The van der Waals surface area contributed by atoms with Crippen LogP contribution >= 0.6 is 23.2 Å². The molecule has 1 N–H and O–H groups in total. The molecule has 0 aliphatic carbocycles. The zero-order valence-corrected chi connectivity index (χ0v) is 13.0. The fourth-order valence-electron chi connectivity index (χ4n) is 2.41. The molecule has 106 valence electrons. The van der Waals surface area contributed by atoms with Crippen LogP contribution < -0.4 is 17.3 Å². The molecule has 2 rings (SSSR count). The van der Waals surface area contributed by atoms with Crippen molar-refractivity contribution in [3.05, 3.63) is 33.8 Å². The molecule has 0 aromatic heterocycles. The van der Waals surface area contributed by atoms with E-state index in [1.165, 1.54) is 32.4 Å². The van der Waals surface area contributed by atoms with Crippen molar-refractivity contribution in [2.75, 3.05) is 19.6 Å². The van der Waals surface area contributed by atoms with Gasteiger partial charge >= 0.3 is 0 Å². The van der Waals surface area contributed by atoms with E-state index < -0.39 is 0 Å². The summed E-state index contributed by atoms with van der Waals surface area (Å²) in [5, 5.41) is 0.947. The van der Waals surface area contributed by atoms with E-state index in [1.807, 2.05) is 0 Å². The first kappa shape index (κ1) is 16.8. The summed E-state index contributed by atoms with van der Waals surface area (Å²) in [5.74, 6) is 0.159. The van der Waals surface area contributed by atoms with E-state index in [2.05, 4.69) is 0 Å². The first-order valence-electron chi connectivity index (χ1n) is 6.48. The molecule has 0 unspecified atom stereocenters. The number of carbonyl (C=O) groups excluding carboxylic acids is 1. The van der Waals surface area contributed by atoms with Gasteiger partial charge in [0.2, 0.25) is 0 Å². The SMILES string of the molecule is O=C(CC[NH+]1CCCCC1)c1ccc(Cl)c(Cl)c1.[Cl-]. The quantitative estimate of drug-likeness (QED) is 0.751. The Morgan fingerprint density at radius 3 is 2.42 bits per heavy atom. The summed E-state index contributed by atoms with van der Waals surface area (Å²) in [5.41, 5.74) is 0.667. The lowest BCUT2D eigenvalue weighted by Gasteiger charge is -2.23. The molecule has 5 heteroatoms. The molecule has 1 aromatic carbocycles. The van der Waals surface area contributed by atoms with Crippen LogP contribution in [0.1, 0.15) is 36.0 Å². The number of piperidine rings is 1. The van der Waals surface area contributed by atoms with Crippen LogP contribution in [0.4, 0.5) is 0 Å². The number of Topliss-reactive ketones (excluding diaryl/α,β-unsaturated/α-hetero) is 1. The van der Waals surface area contributed by atoms with Crippen LogP contribution in [-0.2, 0) is 0 Å². The van der Waals surface area contributed by atoms with Gasteiger partial charge in [-0.15, -0.1) is 0 Å². The van der Waals surface area contributed by atoms with E-state index in [-0.39, 0.29) is 18.2 Å². The van der Waals surface area contributed by atoms with Gasteiger partial charge in [0, 0.05) is 5.56 Å². The monoisotopic (exact) mass is 321 g/mol. The minimum atomic E-state index is 0. The zero-order valence-electron chi connectivity index (χ0n) is 10.7. The summed E-state index contributed by atoms with van der Waals surface area (Å²) in [6.45, 7) is 3.34. The molecule has 19 heavy (non-hydrogen) atoms. The molecule has 0 radical (unpaired) electrons. The van der Waals surface area contributed by atoms with Crippen molar-refractivity contribution in [2.45, 2.75) is 25.7 Å². The van der Waals surface area contributed by atoms with E-state index in [0.717, 1.165) is 6.54 Å². The van der Waals surface area contributed by atoms with Crippen molar-refractivity contribution < 1.29 is 22.1 Å². The third-order valence-corrected chi connectivity index (χ3v) is 4.25. The highest BCUT2D eigenvalue weighted by Crippen LogP contribution is 2.23. The van der Waals surface area contributed by atoms with Crippen molar-refractivity contribution in [3.63, 3.8) is 0 Å². The lowest BCUT2D eigenvalue weighted by Crippen LogP contribution is -3.12. The summed E-state index contributed by atoms with van der Waals surface area (Å²) in [6, 6.07) is 5.10. The van der Waals surface area contributed by atoms with Crippen LogP contribution in [0.25, 0.3) is 0 Å². The maximum atomic E-state index is 12.0. The molecule has 1 aliphatic heterocycles. The highest BCUT2D eigenvalue weighted by atomic mass is 35.5. The molecular weight excluding hydrogens is 305 g/mol. The van der Waals surface area contributed by atoms with Gasteiger partial charge in [-0.3, -0.25) is 4.79 Å². The molecule has 1 aromatic rings. The molecule has 2 nitrogen and oxygen atoms in total. The lowest BCUT2D eigenvalue weighted by molar-refractivity contribution is -0.904. The minimum absolute atomic E-state index is 0. The van der Waals surface area contributed by atoms with Gasteiger partial charge in [-0.05, 0) is 37.5 Å².